The second-order valence-corrected chi connectivity index (χ2v) is 6.20. The molecular weight excluding hydrogens is 280 g/mol. The summed E-state index contributed by atoms with van der Waals surface area (Å²) in [6, 6.07) is 2.99. The number of halogens is 1. The summed E-state index contributed by atoms with van der Waals surface area (Å²) in [7, 11) is -3.76. The van der Waals surface area contributed by atoms with Gasteiger partial charge in [0.1, 0.15) is 10.4 Å². The Morgan fingerprint density at radius 1 is 1.44 bits per heavy atom. The van der Waals surface area contributed by atoms with Crippen molar-refractivity contribution < 1.29 is 13.2 Å². The van der Waals surface area contributed by atoms with E-state index in [-0.39, 0.29) is 29.6 Å². The molecular formula is C9H11ClN4O3S. The lowest BCUT2D eigenvalue weighted by Crippen LogP contribution is -2.32. The van der Waals surface area contributed by atoms with Crippen molar-refractivity contribution in [1.29, 1.82) is 0 Å². The van der Waals surface area contributed by atoms with Crippen LogP contribution >= 0.6 is 11.6 Å². The number of aromatic nitrogens is 1. The summed E-state index contributed by atoms with van der Waals surface area (Å²) in [6.45, 7) is -0.0603. The van der Waals surface area contributed by atoms with Gasteiger partial charge in [0, 0.05) is 13.0 Å². The number of amides is 1. The predicted octanol–water partition coefficient (Wildman–Crippen LogP) is -0.289. The van der Waals surface area contributed by atoms with Gasteiger partial charge in [0.15, 0.2) is 5.82 Å². The molecule has 4 N–H and O–H groups in total. The molecule has 0 aliphatic carbocycles. The van der Waals surface area contributed by atoms with Crippen LogP contribution in [0.15, 0.2) is 12.1 Å². The van der Waals surface area contributed by atoms with Crippen LogP contribution in [-0.2, 0) is 14.8 Å². The number of hydrogen-bond donors (Lipinski definition) is 2. The van der Waals surface area contributed by atoms with Crippen LogP contribution in [0.5, 0.6) is 0 Å². The standard InChI is InChI=1S/C9H11ClN4O3S/c10-7-2-1-6(11)9(13-7)14-4-5(3-8(14)15)18(12,16)17/h1-2,5H,3-4,11H2,(H2,12,16,17). The molecule has 7 nitrogen and oxygen atoms in total. The van der Waals surface area contributed by atoms with E-state index in [2.05, 4.69) is 4.98 Å². The van der Waals surface area contributed by atoms with Crippen molar-refractivity contribution in [3.05, 3.63) is 17.3 Å². The van der Waals surface area contributed by atoms with E-state index in [0.29, 0.717) is 0 Å². The van der Waals surface area contributed by atoms with Crippen molar-refractivity contribution in [2.45, 2.75) is 11.7 Å². The van der Waals surface area contributed by atoms with Crippen molar-refractivity contribution in [3.8, 4) is 0 Å². The fourth-order valence-corrected chi connectivity index (χ4v) is 2.63. The largest absolute Gasteiger partial charge is 0.396 e. The normalized spacial score (nSPS) is 20.4. The molecule has 0 saturated carbocycles. The van der Waals surface area contributed by atoms with E-state index < -0.39 is 21.2 Å². The maximum absolute atomic E-state index is 11.8. The Bertz CT molecular complexity index is 604. The van der Waals surface area contributed by atoms with Crippen LogP contribution in [0.25, 0.3) is 0 Å². The first-order chi connectivity index (χ1) is 8.29. The first kappa shape index (κ1) is 13.1. The van der Waals surface area contributed by atoms with Gasteiger partial charge in [0.25, 0.3) is 0 Å². The topological polar surface area (TPSA) is 119 Å². The van der Waals surface area contributed by atoms with Gasteiger partial charge in [0.2, 0.25) is 15.9 Å². The van der Waals surface area contributed by atoms with E-state index in [9.17, 15) is 13.2 Å². The van der Waals surface area contributed by atoms with Crippen LogP contribution in [0.2, 0.25) is 5.15 Å². The highest BCUT2D eigenvalue weighted by Gasteiger charge is 2.38. The van der Waals surface area contributed by atoms with Gasteiger partial charge in [0.05, 0.1) is 5.69 Å². The summed E-state index contributed by atoms with van der Waals surface area (Å²) in [6.07, 6.45) is -0.174. The van der Waals surface area contributed by atoms with Crippen LogP contribution in [0.1, 0.15) is 6.42 Å². The zero-order chi connectivity index (χ0) is 13.5. The second kappa shape index (κ2) is 4.38. The Hall–Kier alpha value is -1.38. The number of rotatable bonds is 2. The lowest BCUT2D eigenvalue weighted by atomic mass is 10.3. The SMILES string of the molecule is Nc1ccc(Cl)nc1N1CC(S(N)(=O)=O)CC1=O. The van der Waals surface area contributed by atoms with E-state index in [4.69, 9.17) is 22.5 Å². The lowest BCUT2D eigenvalue weighted by molar-refractivity contribution is -0.117. The minimum Gasteiger partial charge on any atom is -0.396 e. The maximum atomic E-state index is 11.8. The van der Waals surface area contributed by atoms with Gasteiger partial charge in [-0.2, -0.15) is 0 Å². The molecule has 9 heteroatoms. The molecule has 0 radical (unpaired) electrons. The second-order valence-electron chi connectivity index (χ2n) is 3.97. The molecule has 0 bridgehead atoms. The monoisotopic (exact) mass is 290 g/mol. The van der Waals surface area contributed by atoms with Crippen molar-refractivity contribution >= 4 is 39.0 Å². The number of pyridine rings is 1. The first-order valence-electron chi connectivity index (χ1n) is 5.03. The van der Waals surface area contributed by atoms with Gasteiger partial charge in [-0.15, -0.1) is 0 Å². The summed E-state index contributed by atoms with van der Waals surface area (Å²) < 4.78 is 22.5. The predicted molar refractivity (Wildman–Crippen MR) is 67.5 cm³/mol. The van der Waals surface area contributed by atoms with Crippen molar-refractivity contribution in [2.75, 3.05) is 17.2 Å². The fourth-order valence-electron chi connectivity index (χ4n) is 1.75. The molecule has 1 atom stereocenters. The molecule has 2 rings (SSSR count). The third-order valence-electron chi connectivity index (χ3n) is 2.68. The number of nitrogens with zero attached hydrogens (tertiary/aromatic N) is 2. The van der Waals surface area contributed by atoms with Crippen LogP contribution in [-0.4, -0.2) is 31.1 Å². The zero-order valence-electron chi connectivity index (χ0n) is 9.21. The molecule has 1 aliphatic heterocycles. The summed E-state index contributed by atoms with van der Waals surface area (Å²) in [5.74, 6) is -0.228. The van der Waals surface area contributed by atoms with E-state index in [1.54, 1.807) is 0 Å². The summed E-state index contributed by atoms with van der Waals surface area (Å²) >= 11 is 5.72. The smallest absolute Gasteiger partial charge is 0.229 e. The molecule has 1 amide bonds. The fraction of sp³-hybridized carbons (Fsp3) is 0.333. The minimum absolute atomic E-state index is 0.0603. The number of anilines is 2. The molecule has 1 aromatic heterocycles. The molecule has 98 valence electrons. The molecule has 1 aliphatic rings. The Kier molecular flexibility index (Phi) is 3.18. The summed E-state index contributed by atoms with van der Waals surface area (Å²) in [4.78, 5) is 16.9. The van der Waals surface area contributed by atoms with E-state index in [0.717, 1.165) is 0 Å². The molecule has 1 unspecified atom stereocenters. The van der Waals surface area contributed by atoms with E-state index >= 15 is 0 Å². The quantitative estimate of drug-likeness (QED) is 0.725. The number of nitrogen functional groups attached to an aromatic ring is 1. The van der Waals surface area contributed by atoms with E-state index in [1.165, 1.54) is 17.0 Å². The van der Waals surface area contributed by atoms with Gasteiger partial charge in [-0.05, 0) is 12.1 Å². The Balaban J connectivity index is 2.35. The summed E-state index contributed by atoms with van der Waals surface area (Å²) in [5.41, 5.74) is 5.94. The number of sulfonamides is 1. The molecule has 1 saturated heterocycles. The van der Waals surface area contributed by atoms with Gasteiger partial charge >= 0.3 is 0 Å². The van der Waals surface area contributed by atoms with Crippen LogP contribution in [0.4, 0.5) is 11.5 Å². The van der Waals surface area contributed by atoms with Gasteiger partial charge < -0.3 is 5.73 Å². The molecule has 0 aromatic carbocycles. The number of hydrogen-bond acceptors (Lipinski definition) is 5. The van der Waals surface area contributed by atoms with Crippen LogP contribution in [0, 0.1) is 0 Å². The van der Waals surface area contributed by atoms with Crippen molar-refractivity contribution in [1.82, 2.24) is 4.98 Å². The summed E-state index contributed by atoms with van der Waals surface area (Å²) in [5, 5.41) is 4.26. The third kappa shape index (κ3) is 2.40. The Labute approximate surface area is 109 Å². The van der Waals surface area contributed by atoms with Crippen molar-refractivity contribution in [3.63, 3.8) is 0 Å². The first-order valence-corrected chi connectivity index (χ1v) is 7.02. The van der Waals surface area contributed by atoms with Crippen LogP contribution < -0.4 is 15.8 Å². The molecule has 1 aromatic rings. The van der Waals surface area contributed by atoms with E-state index in [1.807, 2.05) is 0 Å². The average molecular weight is 291 g/mol. The molecule has 0 spiro atoms. The highest BCUT2D eigenvalue weighted by Crippen LogP contribution is 2.28. The number of primary sulfonamides is 1. The Morgan fingerprint density at radius 2 is 2.11 bits per heavy atom. The lowest BCUT2D eigenvalue weighted by Gasteiger charge is -2.17. The van der Waals surface area contributed by atoms with Crippen LogP contribution in [0.3, 0.4) is 0 Å². The molecule has 18 heavy (non-hydrogen) atoms. The maximum Gasteiger partial charge on any atom is 0.229 e. The molecule has 2 heterocycles. The highest BCUT2D eigenvalue weighted by molar-refractivity contribution is 7.89. The van der Waals surface area contributed by atoms with Gasteiger partial charge in [-0.1, -0.05) is 11.6 Å². The zero-order valence-corrected chi connectivity index (χ0v) is 10.8. The highest BCUT2D eigenvalue weighted by atomic mass is 35.5. The molecule has 1 fully saturated rings. The average Bonchev–Trinajstić information content (AvgIpc) is 2.64. The van der Waals surface area contributed by atoms with Gasteiger partial charge in [-0.3, -0.25) is 9.69 Å². The number of carbonyl (C=O) groups is 1. The minimum atomic E-state index is -3.76. The van der Waals surface area contributed by atoms with Crippen molar-refractivity contribution in [2.24, 2.45) is 5.14 Å². The van der Waals surface area contributed by atoms with Gasteiger partial charge in [-0.25, -0.2) is 18.5 Å². The Morgan fingerprint density at radius 3 is 2.67 bits per heavy atom. The number of nitrogens with two attached hydrogens (primary N) is 2. The third-order valence-corrected chi connectivity index (χ3v) is 4.14. The number of carbonyl (C=O) groups excluding carboxylic acids is 1.